The quantitative estimate of drug-likeness (QED) is 0.838. The van der Waals surface area contributed by atoms with Crippen LogP contribution in [0.3, 0.4) is 0 Å². The van der Waals surface area contributed by atoms with Crippen LogP contribution in [0.1, 0.15) is 11.3 Å². The minimum Gasteiger partial charge on any atom is -0.318 e. The summed E-state index contributed by atoms with van der Waals surface area (Å²) in [4.78, 5) is 27.5. The van der Waals surface area contributed by atoms with E-state index >= 15 is 0 Å². The highest BCUT2D eigenvalue weighted by Crippen LogP contribution is 2.20. The number of aromatic nitrogens is 1. The molecule has 0 aliphatic rings. The summed E-state index contributed by atoms with van der Waals surface area (Å²) in [7, 11) is 0. The molecule has 0 saturated carbocycles. The van der Waals surface area contributed by atoms with Gasteiger partial charge in [-0.15, -0.1) is 11.3 Å². The number of nitrogens with zero attached hydrogens (tertiary/aromatic N) is 1. The smallest absolute Gasteiger partial charge is 0.315 e. The lowest BCUT2D eigenvalue weighted by molar-refractivity contribution is -0.132. The molecule has 0 saturated heterocycles. The predicted molar refractivity (Wildman–Crippen MR) is 80.3 cm³/mol. The van der Waals surface area contributed by atoms with Gasteiger partial charge in [-0.25, -0.2) is 4.98 Å². The van der Waals surface area contributed by atoms with Crippen molar-refractivity contribution < 1.29 is 9.59 Å². The molecule has 2 rings (SSSR count). The summed E-state index contributed by atoms with van der Waals surface area (Å²) >= 11 is 7.21. The molecule has 0 atom stereocenters. The maximum Gasteiger partial charge on any atom is 0.315 e. The van der Waals surface area contributed by atoms with Crippen LogP contribution in [-0.2, 0) is 9.59 Å². The third-order valence-corrected chi connectivity index (χ3v) is 3.76. The summed E-state index contributed by atoms with van der Waals surface area (Å²) in [5.74, 6) is -1.53. The Morgan fingerprint density at radius 1 is 1.20 bits per heavy atom. The highest BCUT2D eigenvalue weighted by Gasteiger charge is 2.15. The van der Waals surface area contributed by atoms with E-state index in [0.717, 1.165) is 11.3 Å². The number of hydrogen-bond acceptors (Lipinski definition) is 4. The third kappa shape index (κ3) is 3.55. The Morgan fingerprint density at radius 3 is 2.50 bits per heavy atom. The van der Waals surface area contributed by atoms with Gasteiger partial charge in [-0.05, 0) is 31.5 Å². The first-order valence-corrected chi connectivity index (χ1v) is 7.02. The number of thiazole rings is 1. The molecule has 1 aromatic carbocycles. The number of rotatable bonds is 2. The second-order valence-electron chi connectivity index (χ2n) is 4.17. The minimum atomic E-state index is -0.768. The van der Waals surface area contributed by atoms with Crippen molar-refractivity contribution in [3.8, 4) is 0 Å². The standard InChI is InChI=1S/C13H12ClN3O2S/c1-7-3-4-9(5-10(7)14)16-11(18)12(19)17-13-15-8(2)6-20-13/h3-6H,1-2H3,(H,16,18)(H,15,17,19). The van der Waals surface area contributed by atoms with Crippen molar-refractivity contribution in [3.05, 3.63) is 39.9 Å². The largest absolute Gasteiger partial charge is 0.318 e. The van der Waals surface area contributed by atoms with Gasteiger partial charge in [0.05, 0.1) is 5.69 Å². The zero-order chi connectivity index (χ0) is 14.7. The van der Waals surface area contributed by atoms with Crippen molar-refractivity contribution >= 4 is 45.6 Å². The maximum atomic E-state index is 11.7. The summed E-state index contributed by atoms with van der Waals surface area (Å²) in [5.41, 5.74) is 2.15. The van der Waals surface area contributed by atoms with Crippen LogP contribution >= 0.6 is 22.9 Å². The average Bonchev–Trinajstić information content (AvgIpc) is 2.79. The normalized spacial score (nSPS) is 10.2. The molecule has 1 heterocycles. The fraction of sp³-hybridized carbons (Fsp3) is 0.154. The van der Waals surface area contributed by atoms with Gasteiger partial charge in [0.2, 0.25) is 0 Å². The molecule has 20 heavy (non-hydrogen) atoms. The van der Waals surface area contributed by atoms with Crippen molar-refractivity contribution in [1.29, 1.82) is 0 Å². The van der Waals surface area contributed by atoms with E-state index in [1.54, 1.807) is 30.5 Å². The summed E-state index contributed by atoms with van der Waals surface area (Å²) < 4.78 is 0. The number of nitrogens with one attached hydrogen (secondary N) is 2. The Labute approximate surface area is 125 Å². The van der Waals surface area contributed by atoms with Crippen molar-refractivity contribution in [3.63, 3.8) is 0 Å². The minimum absolute atomic E-state index is 0.393. The van der Waals surface area contributed by atoms with E-state index < -0.39 is 11.8 Å². The molecule has 2 N–H and O–H groups in total. The molecule has 0 spiro atoms. The van der Waals surface area contributed by atoms with Gasteiger partial charge in [-0.3, -0.25) is 14.9 Å². The number of anilines is 2. The second kappa shape index (κ2) is 6.02. The van der Waals surface area contributed by atoms with Gasteiger partial charge in [-0.2, -0.15) is 0 Å². The fourth-order valence-electron chi connectivity index (χ4n) is 1.42. The third-order valence-electron chi connectivity index (χ3n) is 2.48. The lowest BCUT2D eigenvalue weighted by Crippen LogP contribution is -2.29. The van der Waals surface area contributed by atoms with Gasteiger partial charge < -0.3 is 5.32 Å². The van der Waals surface area contributed by atoms with Gasteiger partial charge in [0.1, 0.15) is 0 Å². The number of aryl methyl sites for hydroxylation is 2. The molecule has 0 fully saturated rings. The molecule has 1 aromatic heterocycles. The molecule has 7 heteroatoms. The van der Waals surface area contributed by atoms with Gasteiger partial charge in [-0.1, -0.05) is 17.7 Å². The summed E-state index contributed by atoms with van der Waals surface area (Å²) in [6.07, 6.45) is 0. The van der Waals surface area contributed by atoms with Crippen LogP contribution in [0.25, 0.3) is 0 Å². The van der Waals surface area contributed by atoms with Gasteiger partial charge >= 0.3 is 11.8 Å². The summed E-state index contributed by atoms with van der Waals surface area (Å²) in [5, 5.41) is 7.62. The molecular weight excluding hydrogens is 298 g/mol. The molecule has 104 valence electrons. The maximum absolute atomic E-state index is 11.7. The molecule has 2 aromatic rings. The van der Waals surface area contributed by atoms with Crippen molar-refractivity contribution in [2.75, 3.05) is 10.6 Å². The molecule has 5 nitrogen and oxygen atoms in total. The predicted octanol–water partition coefficient (Wildman–Crippen LogP) is 2.99. The molecule has 0 unspecified atom stereocenters. The van der Waals surface area contributed by atoms with Crippen LogP contribution in [0.2, 0.25) is 5.02 Å². The van der Waals surface area contributed by atoms with Crippen molar-refractivity contribution in [2.45, 2.75) is 13.8 Å². The summed E-state index contributed by atoms with van der Waals surface area (Å²) in [6, 6.07) is 5.04. The Kier molecular flexibility index (Phi) is 4.36. The zero-order valence-electron chi connectivity index (χ0n) is 10.9. The summed E-state index contributed by atoms with van der Waals surface area (Å²) in [6.45, 7) is 3.66. The molecule has 2 amide bonds. The first kappa shape index (κ1) is 14.5. The number of amides is 2. The first-order valence-electron chi connectivity index (χ1n) is 5.76. The van der Waals surface area contributed by atoms with Crippen LogP contribution < -0.4 is 10.6 Å². The van der Waals surface area contributed by atoms with E-state index in [4.69, 9.17) is 11.6 Å². The van der Waals surface area contributed by atoms with E-state index in [1.165, 1.54) is 11.3 Å². The number of benzene rings is 1. The highest BCUT2D eigenvalue weighted by molar-refractivity contribution is 7.14. The lowest BCUT2D eigenvalue weighted by Gasteiger charge is -2.06. The molecule has 0 aliphatic carbocycles. The average molecular weight is 310 g/mol. The van der Waals surface area contributed by atoms with Crippen LogP contribution in [-0.4, -0.2) is 16.8 Å². The van der Waals surface area contributed by atoms with E-state index in [2.05, 4.69) is 15.6 Å². The fourth-order valence-corrected chi connectivity index (χ4v) is 2.29. The second-order valence-corrected chi connectivity index (χ2v) is 5.43. The van der Waals surface area contributed by atoms with Crippen molar-refractivity contribution in [2.24, 2.45) is 0 Å². The van der Waals surface area contributed by atoms with E-state index in [9.17, 15) is 9.59 Å². The van der Waals surface area contributed by atoms with Crippen LogP contribution in [0.4, 0.5) is 10.8 Å². The number of halogens is 1. The van der Waals surface area contributed by atoms with Crippen LogP contribution in [0, 0.1) is 13.8 Å². The zero-order valence-corrected chi connectivity index (χ0v) is 12.4. The van der Waals surface area contributed by atoms with Crippen LogP contribution in [0.5, 0.6) is 0 Å². The Hall–Kier alpha value is -1.92. The molecular formula is C13H12ClN3O2S. The number of carbonyl (C=O) groups is 2. The monoisotopic (exact) mass is 309 g/mol. The Balaban J connectivity index is 2.00. The van der Waals surface area contributed by atoms with E-state index in [-0.39, 0.29) is 0 Å². The Morgan fingerprint density at radius 2 is 1.90 bits per heavy atom. The van der Waals surface area contributed by atoms with Gasteiger partial charge in [0.15, 0.2) is 5.13 Å². The lowest BCUT2D eigenvalue weighted by atomic mass is 10.2. The molecule has 0 aliphatic heterocycles. The number of hydrogen-bond donors (Lipinski definition) is 2. The van der Waals surface area contributed by atoms with Gasteiger partial charge in [0, 0.05) is 16.1 Å². The highest BCUT2D eigenvalue weighted by atomic mass is 35.5. The number of carbonyl (C=O) groups excluding carboxylic acids is 2. The first-order chi connectivity index (χ1) is 9.45. The SMILES string of the molecule is Cc1csc(NC(=O)C(=O)Nc2ccc(C)c(Cl)c2)n1. The van der Waals surface area contributed by atoms with Gasteiger partial charge in [0.25, 0.3) is 0 Å². The molecule has 0 radical (unpaired) electrons. The Bertz CT molecular complexity index is 669. The van der Waals surface area contributed by atoms with Crippen LogP contribution in [0.15, 0.2) is 23.6 Å². The van der Waals surface area contributed by atoms with E-state index in [1.807, 2.05) is 6.92 Å². The topological polar surface area (TPSA) is 71.1 Å². The van der Waals surface area contributed by atoms with E-state index in [0.29, 0.717) is 15.8 Å². The van der Waals surface area contributed by atoms with Crippen molar-refractivity contribution in [1.82, 2.24) is 4.98 Å². The molecule has 0 bridgehead atoms.